The third kappa shape index (κ3) is 3.35. The largest absolute Gasteiger partial charge is 0.396 e. The number of hydrogen-bond donors (Lipinski definition) is 1. The van der Waals surface area contributed by atoms with Gasteiger partial charge in [-0.25, -0.2) is 0 Å². The molecule has 1 amide bonds. The minimum atomic E-state index is 0.142. The van der Waals surface area contributed by atoms with Crippen molar-refractivity contribution in [2.45, 2.75) is 32.7 Å². The normalized spacial score (nSPS) is 22.6. The molecular weight excluding hydrogens is 238 g/mol. The molecule has 2 rings (SSSR count). The molecule has 0 aromatic heterocycles. The fourth-order valence-electron chi connectivity index (χ4n) is 2.90. The number of likely N-dealkylation sites (tertiary alicyclic amines) is 1. The first kappa shape index (κ1) is 14.1. The van der Waals surface area contributed by atoms with Crippen LogP contribution in [0, 0.1) is 11.8 Å². The Morgan fingerprint density at radius 2 is 2.00 bits per heavy atom. The van der Waals surface area contributed by atoms with Crippen molar-refractivity contribution in [3.05, 3.63) is 35.9 Å². The standard InChI is InChI=1S/C16H23NO2/c1-12(11-18)8-14-9-16(19)17(10-14)13(2)15-6-4-3-5-7-15/h3-7,12-14,18H,8-11H2,1-2H3/t12?,13-,14+/m1/s1. The lowest BCUT2D eigenvalue weighted by Crippen LogP contribution is -2.28. The van der Waals surface area contributed by atoms with Crippen LogP contribution in [0.25, 0.3) is 0 Å². The van der Waals surface area contributed by atoms with Crippen molar-refractivity contribution in [3.8, 4) is 0 Å². The Morgan fingerprint density at radius 1 is 1.32 bits per heavy atom. The van der Waals surface area contributed by atoms with Gasteiger partial charge >= 0.3 is 0 Å². The van der Waals surface area contributed by atoms with Crippen molar-refractivity contribution in [2.75, 3.05) is 13.2 Å². The van der Waals surface area contributed by atoms with E-state index in [9.17, 15) is 4.79 Å². The quantitative estimate of drug-likeness (QED) is 0.885. The van der Waals surface area contributed by atoms with Gasteiger partial charge in [-0.2, -0.15) is 0 Å². The van der Waals surface area contributed by atoms with Gasteiger partial charge in [-0.1, -0.05) is 37.3 Å². The molecule has 1 heterocycles. The van der Waals surface area contributed by atoms with Crippen LogP contribution in [0.15, 0.2) is 30.3 Å². The van der Waals surface area contributed by atoms with E-state index in [-0.39, 0.29) is 24.5 Å². The summed E-state index contributed by atoms with van der Waals surface area (Å²) >= 11 is 0. The highest BCUT2D eigenvalue weighted by molar-refractivity contribution is 5.79. The number of benzene rings is 1. The highest BCUT2D eigenvalue weighted by atomic mass is 16.3. The molecule has 19 heavy (non-hydrogen) atoms. The van der Waals surface area contributed by atoms with Crippen LogP contribution < -0.4 is 0 Å². The molecule has 104 valence electrons. The predicted molar refractivity (Wildman–Crippen MR) is 75.5 cm³/mol. The summed E-state index contributed by atoms with van der Waals surface area (Å²) in [6.45, 7) is 5.15. The Labute approximate surface area is 115 Å². The third-order valence-electron chi connectivity index (χ3n) is 4.04. The lowest BCUT2D eigenvalue weighted by Gasteiger charge is -2.25. The van der Waals surface area contributed by atoms with E-state index in [0.29, 0.717) is 12.3 Å². The summed E-state index contributed by atoms with van der Waals surface area (Å²) in [5.74, 6) is 0.914. The van der Waals surface area contributed by atoms with E-state index in [2.05, 4.69) is 19.1 Å². The number of aliphatic hydroxyl groups is 1. The number of hydrogen-bond acceptors (Lipinski definition) is 2. The van der Waals surface area contributed by atoms with Crippen LogP contribution in [-0.2, 0) is 4.79 Å². The molecule has 3 nitrogen and oxygen atoms in total. The van der Waals surface area contributed by atoms with Gasteiger partial charge in [0.25, 0.3) is 0 Å². The molecule has 1 aliphatic rings. The SMILES string of the molecule is CC(CO)C[C@H]1CC(=O)N([C@H](C)c2ccccc2)C1. The fraction of sp³-hybridized carbons (Fsp3) is 0.562. The van der Waals surface area contributed by atoms with Gasteiger partial charge in [0.05, 0.1) is 6.04 Å². The maximum absolute atomic E-state index is 12.1. The number of amides is 1. The van der Waals surface area contributed by atoms with E-state index in [1.807, 2.05) is 30.0 Å². The Hall–Kier alpha value is -1.35. The molecule has 1 fully saturated rings. The van der Waals surface area contributed by atoms with Crippen LogP contribution in [0.2, 0.25) is 0 Å². The molecule has 0 bridgehead atoms. The summed E-state index contributed by atoms with van der Waals surface area (Å²) in [5.41, 5.74) is 1.19. The second kappa shape index (κ2) is 6.20. The second-order valence-corrected chi connectivity index (χ2v) is 5.73. The van der Waals surface area contributed by atoms with Crippen molar-refractivity contribution >= 4 is 5.91 Å². The summed E-state index contributed by atoms with van der Waals surface area (Å²) in [6, 6.07) is 10.3. The first-order valence-corrected chi connectivity index (χ1v) is 7.07. The average Bonchev–Trinajstić information content (AvgIpc) is 2.79. The molecule has 0 saturated carbocycles. The van der Waals surface area contributed by atoms with Crippen molar-refractivity contribution in [1.82, 2.24) is 4.90 Å². The van der Waals surface area contributed by atoms with Crippen molar-refractivity contribution in [1.29, 1.82) is 0 Å². The van der Waals surface area contributed by atoms with Crippen LogP contribution >= 0.6 is 0 Å². The maximum atomic E-state index is 12.1. The zero-order valence-corrected chi connectivity index (χ0v) is 11.7. The maximum Gasteiger partial charge on any atom is 0.223 e. The van der Waals surface area contributed by atoms with Crippen LogP contribution in [-0.4, -0.2) is 29.1 Å². The van der Waals surface area contributed by atoms with Gasteiger partial charge in [0.1, 0.15) is 0 Å². The molecule has 1 unspecified atom stereocenters. The molecule has 1 aliphatic heterocycles. The lowest BCUT2D eigenvalue weighted by molar-refractivity contribution is -0.129. The molecule has 0 spiro atoms. The van der Waals surface area contributed by atoms with Crippen molar-refractivity contribution in [3.63, 3.8) is 0 Å². The monoisotopic (exact) mass is 261 g/mol. The second-order valence-electron chi connectivity index (χ2n) is 5.73. The molecule has 1 saturated heterocycles. The minimum Gasteiger partial charge on any atom is -0.396 e. The predicted octanol–water partition coefficient (Wildman–Crippen LogP) is 2.61. The lowest BCUT2D eigenvalue weighted by atomic mass is 9.95. The van der Waals surface area contributed by atoms with Gasteiger partial charge in [-0.15, -0.1) is 0 Å². The van der Waals surface area contributed by atoms with E-state index >= 15 is 0 Å². The van der Waals surface area contributed by atoms with E-state index in [1.165, 1.54) is 5.56 Å². The number of nitrogens with zero attached hydrogens (tertiary/aromatic N) is 1. The topological polar surface area (TPSA) is 40.5 Å². The highest BCUT2D eigenvalue weighted by Gasteiger charge is 2.33. The first-order chi connectivity index (χ1) is 9.11. The molecule has 1 aromatic rings. The number of carbonyl (C=O) groups is 1. The zero-order chi connectivity index (χ0) is 13.8. The molecule has 3 heteroatoms. The van der Waals surface area contributed by atoms with Crippen molar-refractivity contribution in [2.24, 2.45) is 11.8 Å². The Kier molecular flexibility index (Phi) is 4.59. The van der Waals surface area contributed by atoms with Crippen LogP contribution in [0.1, 0.15) is 38.3 Å². The first-order valence-electron chi connectivity index (χ1n) is 7.07. The smallest absolute Gasteiger partial charge is 0.223 e. The Balaban J connectivity index is 2.00. The molecule has 1 N–H and O–H groups in total. The van der Waals surface area contributed by atoms with Gasteiger partial charge in [0, 0.05) is 19.6 Å². The average molecular weight is 261 g/mol. The Morgan fingerprint density at radius 3 is 2.63 bits per heavy atom. The van der Waals surface area contributed by atoms with Gasteiger partial charge in [-0.05, 0) is 30.7 Å². The Bertz CT molecular complexity index is 418. The van der Waals surface area contributed by atoms with Crippen LogP contribution in [0.4, 0.5) is 0 Å². The number of carbonyl (C=O) groups excluding carboxylic acids is 1. The molecule has 0 aliphatic carbocycles. The molecule has 3 atom stereocenters. The molecule has 1 aromatic carbocycles. The fourth-order valence-corrected chi connectivity index (χ4v) is 2.90. The number of aliphatic hydroxyl groups excluding tert-OH is 1. The van der Waals surface area contributed by atoms with Crippen LogP contribution in [0.3, 0.4) is 0 Å². The van der Waals surface area contributed by atoms with Gasteiger partial charge in [-0.3, -0.25) is 4.79 Å². The molecule has 0 radical (unpaired) electrons. The van der Waals surface area contributed by atoms with E-state index < -0.39 is 0 Å². The van der Waals surface area contributed by atoms with Crippen molar-refractivity contribution < 1.29 is 9.90 Å². The van der Waals surface area contributed by atoms with Gasteiger partial charge < -0.3 is 10.0 Å². The minimum absolute atomic E-state index is 0.142. The molecular formula is C16H23NO2. The van der Waals surface area contributed by atoms with E-state index in [0.717, 1.165) is 13.0 Å². The van der Waals surface area contributed by atoms with Gasteiger partial charge in [0.15, 0.2) is 0 Å². The van der Waals surface area contributed by atoms with E-state index in [4.69, 9.17) is 5.11 Å². The third-order valence-corrected chi connectivity index (χ3v) is 4.04. The van der Waals surface area contributed by atoms with Crippen LogP contribution in [0.5, 0.6) is 0 Å². The summed E-state index contributed by atoms with van der Waals surface area (Å²) < 4.78 is 0. The summed E-state index contributed by atoms with van der Waals surface area (Å²) in [7, 11) is 0. The summed E-state index contributed by atoms with van der Waals surface area (Å²) in [5, 5.41) is 9.12. The van der Waals surface area contributed by atoms with E-state index in [1.54, 1.807) is 0 Å². The summed E-state index contributed by atoms with van der Waals surface area (Å²) in [6.07, 6.45) is 1.56. The number of rotatable bonds is 5. The van der Waals surface area contributed by atoms with Gasteiger partial charge in [0.2, 0.25) is 5.91 Å². The zero-order valence-electron chi connectivity index (χ0n) is 11.7. The highest BCUT2D eigenvalue weighted by Crippen LogP contribution is 2.31. The summed E-state index contributed by atoms with van der Waals surface area (Å²) in [4.78, 5) is 14.1.